The minimum absolute atomic E-state index is 0.144. The van der Waals surface area contributed by atoms with Crippen molar-refractivity contribution >= 4 is 37.8 Å². The third kappa shape index (κ3) is 2.26. The summed E-state index contributed by atoms with van der Waals surface area (Å²) in [5, 5.41) is 10.3. The molecule has 0 spiro atoms. The fourth-order valence-corrected chi connectivity index (χ4v) is 0.349. The number of rotatable bonds is 2. The number of carbonyl (C=O) groups excluding carboxylic acids is 1. The molecule has 0 heterocycles. The lowest BCUT2D eigenvalue weighted by molar-refractivity contribution is -0.308. The average Bonchev–Trinajstić information content (AvgIpc) is 1.65. The summed E-state index contributed by atoms with van der Waals surface area (Å²) in [7, 11) is 0. The number of alkyl halides is 2. The van der Waals surface area contributed by atoms with E-state index in [1.54, 1.807) is 13.8 Å². The summed E-state index contributed by atoms with van der Waals surface area (Å²) >= 11 is 6.13. The zero-order valence-electron chi connectivity index (χ0n) is 5.15. The first-order valence-corrected chi connectivity index (χ1v) is 4.14. The van der Waals surface area contributed by atoms with E-state index < -0.39 is 10.3 Å². The van der Waals surface area contributed by atoms with Crippen molar-refractivity contribution in [3.8, 4) is 0 Å². The molecule has 0 saturated heterocycles. The van der Waals surface area contributed by atoms with Crippen molar-refractivity contribution in [2.24, 2.45) is 0 Å². The molecule has 0 aliphatic heterocycles. The molecule has 0 bridgehead atoms. The lowest BCUT2D eigenvalue weighted by atomic mass is 10.1. The first kappa shape index (κ1) is 9.43. The molecule has 0 fully saturated rings. The molecule has 9 heavy (non-hydrogen) atoms. The van der Waals surface area contributed by atoms with Gasteiger partial charge in [0.2, 0.25) is 0 Å². The number of aliphatic carboxylic acids is 1. The highest BCUT2D eigenvalue weighted by Gasteiger charge is 2.27. The first-order chi connectivity index (χ1) is 3.89. The van der Waals surface area contributed by atoms with Crippen LogP contribution in [0.2, 0.25) is 0 Å². The molecule has 2 atom stereocenters. The topological polar surface area (TPSA) is 40.1 Å². The average molecular weight is 259 g/mol. The van der Waals surface area contributed by atoms with Gasteiger partial charge in [0.25, 0.3) is 0 Å². The fourth-order valence-electron chi connectivity index (χ4n) is 0.162. The third-order valence-corrected chi connectivity index (χ3v) is 3.69. The number of halogens is 2. The Balaban J connectivity index is 4.19. The number of hydrogen-bond acceptors (Lipinski definition) is 2. The zero-order chi connectivity index (χ0) is 7.65. The van der Waals surface area contributed by atoms with E-state index in [0.717, 1.165) is 0 Å². The van der Waals surface area contributed by atoms with Crippen molar-refractivity contribution in [1.82, 2.24) is 0 Å². The Labute approximate surface area is 70.9 Å². The third-order valence-electron chi connectivity index (χ3n) is 1.15. The van der Waals surface area contributed by atoms with Crippen LogP contribution in [0, 0.1) is 0 Å². The maximum absolute atomic E-state index is 10.3. The standard InChI is InChI=1S/C5H8Br2O2/c1-3(6)5(2,7)4(8)9/h3H,1-2H3,(H,8,9)/p-1/t3-,5-/m0/s1. The van der Waals surface area contributed by atoms with Crippen LogP contribution in [0.25, 0.3) is 0 Å². The van der Waals surface area contributed by atoms with Crippen LogP contribution in [0.15, 0.2) is 0 Å². The number of carboxylic acid groups (broad SMARTS) is 1. The van der Waals surface area contributed by atoms with Crippen LogP contribution in [0.5, 0.6) is 0 Å². The Morgan fingerprint density at radius 3 is 2.11 bits per heavy atom. The van der Waals surface area contributed by atoms with Gasteiger partial charge < -0.3 is 9.90 Å². The molecule has 0 aliphatic rings. The Hall–Kier alpha value is 0.430. The fraction of sp³-hybridized carbons (Fsp3) is 0.800. The number of hydrogen-bond donors (Lipinski definition) is 0. The SMILES string of the molecule is C[C@H](Br)[C@](C)(Br)C(=O)[O-]. The van der Waals surface area contributed by atoms with Crippen molar-refractivity contribution in [3.05, 3.63) is 0 Å². The van der Waals surface area contributed by atoms with Crippen LogP contribution in [-0.2, 0) is 4.79 Å². The van der Waals surface area contributed by atoms with Crippen LogP contribution in [0.1, 0.15) is 13.8 Å². The lowest BCUT2D eigenvalue weighted by Crippen LogP contribution is -2.46. The Kier molecular flexibility index (Phi) is 3.16. The quantitative estimate of drug-likeness (QED) is 0.684. The van der Waals surface area contributed by atoms with Crippen molar-refractivity contribution in [3.63, 3.8) is 0 Å². The molecular formula is C5H7Br2O2-. The summed E-state index contributed by atoms with van der Waals surface area (Å²) in [5.41, 5.74) is 0. The van der Waals surface area contributed by atoms with Gasteiger partial charge in [0.1, 0.15) is 0 Å². The van der Waals surface area contributed by atoms with Crippen LogP contribution in [0.4, 0.5) is 0 Å². The predicted molar refractivity (Wildman–Crippen MR) is 40.7 cm³/mol. The van der Waals surface area contributed by atoms with Crippen molar-refractivity contribution in [2.75, 3.05) is 0 Å². The monoisotopic (exact) mass is 257 g/mol. The largest absolute Gasteiger partial charge is 0.549 e. The molecular weight excluding hydrogens is 252 g/mol. The van der Waals surface area contributed by atoms with E-state index in [0.29, 0.717) is 0 Å². The summed E-state index contributed by atoms with van der Waals surface area (Å²) in [6.07, 6.45) is 0. The first-order valence-electron chi connectivity index (χ1n) is 2.43. The molecule has 2 nitrogen and oxygen atoms in total. The zero-order valence-corrected chi connectivity index (χ0v) is 8.32. The summed E-state index contributed by atoms with van der Waals surface area (Å²) in [6.45, 7) is 3.28. The molecule has 0 aromatic carbocycles. The molecule has 0 radical (unpaired) electrons. The molecule has 0 rings (SSSR count). The van der Waals surface area contributed by atoms with Gasteiger partial charge in [-0.3, -0.25) is 0 Å². The molecule has 0 aromatic rings. The molecule has 4 heteroatoms. The second-order valence-electron chi connectivity index (χ2n) is 1.98. The normalized spacial score (nSPS) is 20.4. The highest BCUT2D eigenvalue weighted by Crippen LogP contribution is 2.26. The van der Waals surface area contributed by atoms with Gasteiger partial charge in [-0.2, -0.15) is 0 Å². The second kappa shape index (κ2) is 3.01. The van der Waals surface area contributed by atoms with Crippen molar-refractivity contribution < 1.29 is 9.90 Å². The van der Waals surface area contributed by atoms with Gasteiger partial charge in [0.05, 0.1) is 10.3 Å². The van der Waals surface area contributed by atoms with Gasteiger partial charge in [-0.25, -0.2) is 0 Å². The highest BCUT2D eigenvalue weighted by molar-refractivity contribution is 9.12. The van der Waals surface area contributed by atoms with E-state index in [2.05, 4.69) is 31.9 Å². The molecule has 0 amide bonds. The molecule has 0 aliphatic carbocycles. The smallest absolute Gasteiger partial charge is 0.0744 e. The van der Waals surface area contributed by atoms with Crippen LogP contribution >= 0.6 is 31.9 Å². The molecule has 0 aromatic heterocycles. The predicted octanol–water partition coefficient (Wildman–Crippen LogP) is 0.673. The molecule has 0 unspecified atom stereocenters. The van der Waals surface area contributed by atoms with Gasteiger partial charge in [0, 0.05) is 4.83 Å². The summed E-state index contributed by atoms with van der Waals surface area (Å²) in [6, 6.07) is 0. The Morgan fingerprint density at radius 1 is 1.78 bits per heavy atom. The second-order valence-corrected chi connectivity index (χ2v) is 5.00. The van der Waals surface area contributed by atoms with Crippen LogP contribution in [0.3, 0.4) is 0 Å². The van der Waals surface area contributed by atoms with Gasteiger partial charge in [-0.15, -0.1) is 0 Å². The number of carboxylic acids is 1. The van der Waals surface area contributed by atoms with Gasteiger partial charge in [0.15, 0.2) is 0 Å². The van der Waals surface area contributed by atoms with E-state index in [-0.39, 0.29) is 4.83 Å². The highest BCUT2D eigenvalue weighted by atomic mass is 79.9. The maximum Gasteiger partial charge on any atom is 0.0744 e. The minimum atomic E-state index is -1.10. The van der Waals surface area contributed by atoms with Crippen molar-refractivity contribution in [2.45, 2.75) is 23.0 Å². The summed E-state index contributed by atoms with van der Waals surface area (Å²) < 4.78 is -0.965. The van der Waals surface area contributed by atoms with Crippen molar-refractivity contribution in [1.29, 1.82) is 0 Å². The Bertz CT molecular complexity index is 120. The lowest BCUT2D eigenvalue weighted by Gasteiger charge is -2.26. The summed E-state index contributed by atoms with van der Waals surface area (Å²) in [5.74, 6) is -1.10. The van der Waals surface area contributed by atoms with E-state index in [4.69, 9.17) is 0 Å². The molecule has 0 N–H and O–H groups in total. The van der Waals surface area contributed by atoms with Gasteiger partial charge in [-0.1, -0.05) is 38.8 Å². The van der Waals surface area contributed by atoms with E-state index >= 15 is 0 Å². The molecule has 54 valence electrons. The van der Waals surface area contributed by atoms with Gasteiger partial charge >= 0.3 is 0 Å². The molecule has 0 saturated carbocycles. The maximum atomic E-state index is 10.3. The van der Waals surface area contributed by atoms with E-state index in [9.17, 15) is 9.90 Å². The van der Waals surface area contributed by atoms with Crippen LogP contribution < -0.4 is 5.11 Å². The van der Waals surface area contributed by atoms with Crippen LogP contribution in [-0.4, -0.2) is 15.1 Å². The number of carbonyl (C=O) groups is 1. The van der Waals surface area contributed by atoms with E-state index in [1.807, 2.05) is 0 Å². The van der Waals surface area contributed by atoms with E-state index in [1.165, 1.54) is 0 Å². The Morgan fingerprint density at radius 2 is 2.11 bits per heavy atom. The minimum Gasteiger partial charge on any atom is -0.549 e. The summed E-state index contributed by atoms with van der Waals surface area (Å²) in [4.78, 5) is 10.1. The van der Waals surface area contributed by atoms with Gasteiger partial charge in [-0.05, 0) is 6.92 Å².